The lowest BCUT2D eigenvalue weighted by Gasteiger charge is -2.06. The molecule has 82 valence electrons. The van der Waals surface area contributed by atoms with Crippen LogP contribution in [0, 0.1) is 0 Å². The number of nitrogens with one attached hydrogen (secondary N) is 1. The van der Waals surface area contributed by atoms with E-state index in [-0.39, 0.29) is 16.6 Å². The van der Waals surface area contributed by atoms with Gasteiger partial charge in [0.15, 0.2) is 9.84 Å². The van der Waals surface area contributed by atoms with Gasteiger partial charge in [0.2, 0.25) is 5.91 Å². The molecule has 0 saturated carbocycles. The molecule has 0 radical (unpaired) electrons. The highest BCUT2D eigenvalue weighted by Gasteiger charge is 2.13. The van der Waals surface area contributed by atoms with E-state index in [1.165, 1.54) is 25.1 Å². The Labute approximate surface area is 87.7 Å². The zero-order valence-corrected chi connectivity index (χ0v) is 9.13. The zero-order chi connectivity index (χ0) is 11.6. The predicted octanol–water partition coefficient (Wildman–Crippen LogP) is 0.754. The summed E-state index contributed by atoms with van der Waals surface area (Å²) in [6.45, 7) is 1.31. The maximum absolute atomic E-state index is 11.2. The van der Waals surface area contributed by atoms with Crippen molar-refractivity contribution in [2.24, 2.45) is 0 Å². The second kappa shape index (κ2) is 3.90. The molecule has 5 nitrogen and oxygen atoms in total. The van der Waals surface area contributed by atoms with Crippen molar-refractivity contribution in [1.29, 1.82) is 0 Å². The molecule has 0 spiro atoms. The molecule has 15 heavy (non-hydrogen) atoms. The topological polar surface area (TPSA) is 83.5 Å². The number of anilines is 1. The third-order valence-corrected chi connectivity index (χ3v) is 2.81. The molecule has 0 saturated heterocycles. The van der Waals surface area contributed by atoms with Crippen LogP contribution in [0.1, 0.15) is 6.92 Å². The lowest BCUT2D eigenvalue weighted by molar-refractivity contribution is -0.114. The van der Waals surface area contributed by atoms with Gasteiger partial charge in [0.25, 0.3) is 0 Å². The lowest BCUT2D eigenvalue weighted by atomic mass is 10.3. The van der Waals surface area contributed by atoms with Crippen molar-refractivity contribution in [3.05, 3.63) is 18.2 Å². The zero-order valence-electron chi connectivity index (χ0n) is 8.31. The van der Waals surface area contributed by atoms with Crippen LogP contribution in [0.2, 0.25) is 0 Å². The van der Waals surface area contributed by atoms with Gasteiger partial charge in [-0.2, -0.15) is 0 Å². The third kappa shape index (κ3) is 2.95. The first-order chi connectivity index (χ1) is 6.80. The average molecular weight is 229 g/mol. The van der Waals surface area contributed by atoms with E-state index in [1.54, 1.807) is 0 Å². The SMILES string of the molecule is CC(=O)Nc1ccc(O)c(S(C)(=O)=O)c1. The highest BCUT2D eigenvalue weighted by molar-refractivity contribution is 7.90. The maximum Gasteiger partial charge on any atom is 0.221 e. The van der Waals surface area contributed by atoms with Gasteiger partial charge < -0.3 is 10.4 Å². The smallest absolute Gasteiger partial charge is 0.221 e. The van der Waals surface area contributed by atoms with Crippen LogP contribution in [0.4, 0.5) is 5.69 Å². The van der Waals surface area contributed by atoms with E-state index in [0.717, 1.165) is 6.26 Å². The van der Waals surface area contributed by atoms with Crippen LogP contribution in [0.3, 0.4) is 0 Å². The second-order valence-corrected chi connectivity index (χ2v) is 5.12. The summed E-state index contributed by atoms with van der Waals surface area (Å²) in [5.41, 5.74) is 0.334. The summed E-state index contributed by atoms with van der Waals surface area (Å²) >= 11 is 0. The molecule has 0 fully saturated rings. The Balaban J connectivity index is 3.23. The molecule has 1 rings (SSSR count). The van der Waals surface area contributed by atoms with Crippen LogP contribution in [0.5, 0.6) is 5.75 Å². The molecule has 0 atom stereocenters. The molecule has 0 aliphatic rings. The Morgan fingerprint density at radius 2 is 2.00 bits per heavy atom. The highest BCUT2D eigenvalue weighted by atomic mass is 32.2. The molecule has 0 bridgehead atoms. The van der Waals surface area contributed by atoms with E-state index >= 15 is 0 Å². The van der Waals surface area contributed by atoms with Crippen molar-refractivity contribution in [2.45, 2.75) is 11.8 Å². The van der Waals surface area contributed by atoms with E-state index < -0.39 is 9.84 Å². The summed E-state index contributed by atoms with van der Waals surface area (Å²) in [7, 11) is -3.49. The normalized spacial score (nSPS) is 11.1. The van der Waals surface area contributed by atoms with Gasteiger partial charge in [-0.05, 0) is 18.2 Å². The third-order valence-electron chi connectivity index (χ3n) is 1.68. The van der Waals surface area contributed by atoms with Crippen LogP contribution in [-0.4, -0.2) is 25.7 Å². The molecule has 0 aliphatic heterocycles. The van der Waals surface area contributed by atoms with Crippen LogP contribution in [-0.2, 0) is 14.6 Å². The van der Waals surface area contributed by atoms with Gasteiger partial charge in [-0.1, -0.05) is 0 Å². The number of benzene rings is 1. The standard InChI is InChI=1S/C9H11NO4S/c1-6(11)10-7-3-4-8(12)9(5-7)15(2,13)14/h3-5,12H,1-2H3,(H,10,11). The number of hydrogen-bond acceptors (Lipinski definition) is 4. The number of amides is 1. The fraction of sp³-hybridized carbons (Fsp3) is 0.222. The van der Waals surface area contributed by atoms with Gasteiger partial charge in [-0.15, -0.1) is 0 Å². The molecular weight excluding hydrogens is 218 g/mol. The Morgan fingerprint density at radius 3 is 2.47 bits per heavy atom. The number of carbonyl (C=O) groups is 1. The molecule has 1 aromatic carbocycles. The molecule has 0 unspecified atom stereocenters. The Bertz CT molecular complexity index is 493. The summed E-state index contributed by atoms with van der Waals surface area (Å²) in [6, 6.07) is 3.86. The summed E-state index contributed by atoms with van der Waals surface area (Å²) in [6.07, 6.45) is 0.986. The minimum atomic E-state index is -3.49. The van der Waals surface area contributed by atoms with Crippen molar-refractivity contribution in [2.75, 3.05) is 11.6 Å². The van der Waals surface area contributed by atoms with E-state index in [1.807, 2.05) is 0 Å². The van der Waals surface area contributed by atoms with Crippen molar-refractivity contribution < 1.29 is 18.3 Å². The van der Waals surface area contributed by atoms with Crippen LogP contribution in [0.25, 0.3) is 0 Å². The number of carbonyl (C=O) groups excluding carboxylic acids is 1. The van der Waals surface area contributed by atoms with Gasteiger partial charge in [0.05, 0.1) is 0 Å². The molecule has 0 aromatic heterocycles. The minimum Gasteiger partial charge on any atom is -0.507 e. The Kier molecular flexibility index (Phi) is 2.99. The average Bonchev–Trinajstić information content (AvgIpc) is 2.05. The minimum absolute atomic E-state index is 0.200. The van der Waals surface area contributed by atoms with E-state index in [0.29, 0.717) is 5.69 Å². The van der Waals surface area contributed by atoms with Crippen LogP contribution in [0.15, 0.2) is 23.1 Å². The lowest BCUT2D eigenvalue weighted by Crippen LogP contribution is -2.07. The van der Waals surface area contributed by atoms with Crippen LogP contribution >= 0.6 is 0 Å². The molecule has 2 N–H and O–H groups in total. The van der Waals surface area contributed by atoms with Crippen molar-refractivity contribution in [3.63, 3.8) is 0 Å². The summed E-state index contributed by atoms with van der Waals surface area (Å²) in [5.74, 6) is -0.633. The van der Waals surface area contributed by atoms with Gasteiger partial charge in [0.1, 0.15) is 10.6 Å². The molecule has 1 amide bonds. The fourth-order valence-electron chi connectivity index (χ4n) is 1.09. The number of sulfone groups is 1. The Hall–Kier alpha value is -1.56. The summed E-state index contributed by atoms with van der Waals surface area (Å²) in [5, 5.41) is 11.7. The summed E-state index contributed by atoms with van der Waals surface area (Å²) < 4.78 is 22.4. The van der Waals surface area contributed by atoms with Gasteiger partial charge in [-0.3, -0.25) is 4.79 Å². The number of rotatable bonds is 2. The molecule has 6 heteroatoms. The first-order valence-electron chi connectivity index (χ1n) is 4.11. The van der Waals surface area contributed by atoms with Crippen LogP contribution < -0.4 is 5.32 Å². The van der Waals surface area contributed by atoms with Gasteiger partial charge in [-0.25, -0.2) is 8.42 Å². The highest BCUT2D eigenvalue weighted by Crippen LogP contribution is 2.25. The quantitative estimate of drug-likeness (QED) is 0.733. The molecular formula is C9H11NO4S. The van der Waals surface area contributed by atoms with Crippen molar-refractivity contribution in [3.8, 4) is 5.75 Å². The Morgan fingerprint density at radius 1 is 1.40 bits per heavy atom. The number of phenolic OH excluding ortho intramolecular Hbond substituents is 1. The second-order valence-electron chi connectivity index (χ2n) is 3.14. The first-order valence-corrected chi connectivity index (χ1v) is 6.00. The first kappa shape index (κ1) is 11.5. The molecule has 0 heterocycles. The van der Waals surface area contributed by atoms with E-state index in [4.69, 9.17) is 0 Å². The molecule has 1 aromatic rings. The van der Waals surface area contributed by atoms with E-state index in [2.05, 4.69) is 5.32 Å². The summed E-state index contributed by atoms with van der Waals surface area (Å²) in [4.78, 5) is 10.5. The fourth-order valence-corrected chi connectivity index (χ4v) is 1.88. The van der Waals surface area contributed by atoms with Gasteiger partial charge in [0, 0.05) is 18.9 Å². The van der Waals surface area contributed by atoms with Crippen molar-refractivity contribution >= 4 is 21.4 Å². The van der Waals surface area contributed by atoms with E-state index in [9.17, 15) is 18.3 Å². The maximum atomic E-state index is 11.2. The number of hydrogen-bond donors (Lipinski definition) is 2. The van der Waals surface area contributed by atoms with Gasteiger partial charge >= 0.3 is 0 Å². The van der Waals surface area contributed by atoms with Crippen molar-refractivity contribution in [1.82, 2.24) is 0 Å². The largest absolute Gasteiger partial charge is 0.507 e. The molecule has 0 aliphatic carbocycles. The number of phenols is 1. The number of aromatic hydroxyl groups is 1. The predicted molar refractivity (Wildman–Crippen MR) is 55.5 cm³/mol. The monoisotopic (exact) mass is 229 g/mol.